The van der Waals surface area contributed by atoms with Gasteiger partial charge in [-0.25, -0.2) is 0 Å². The maximum Gasteiger partial charge on any atom is 0.318 e. The molecule has 4 nitrogen and oxygen atoms in total. The molecule has 16 heavy (non-hydrogen) atoms. The number of rotatable bonds is 3. The van der Waals surface area contributed by atoms with Gasteiger partial charge in [0.05, 0.1) is 10.5 Å². The number of nitro benzene ring substituents is 1. The zero-order valence-corrected chi connectivity index (χ0v) is 9.69. The summed E-state index contributed by atoms with van der Waals surface area (Å²) < 4.78 is 5.55. The molecule has 1 aromatic rings. The monoisotopic (exact) mass is 221 g/mol. The molecule has 86 valence electrons. The molecule has 0 unspecified atom stereocenters. The van der Waals surface area contributed by atoms with E-state index in [4.69, 9.17) is 4.74 Å². The molecule has 0 spiro atoms. The number of hydrogen-bond acceptors (Lipinski definition) is 3. The van der Waals surface area contributed by atoms with E-state index in [1.54, 1.807) is 18.2 Å². The van der Waals surface area contributed by atoms with Crippen LogP contribution in [0.25, 0.3) is 6.08 Å². The van der Waals surface area contributed by atoms with Crippen molar-refractivity contribution < 1.29 is 9.66 Å². The lowest BCUT2D eigenvalue weighted by molar-refractivity contribution is -0.386. The summed E-state index contributed by atoms with van der Waals surface area (Å²) in [7, 11) is 0. The van der Waals surface area contributed by atoms with E-state index in [1.165, 1.54) is 6.08 Å². The van der Waals surface area contributed by atoms with Crippen molar-refractivity contribution in [3.05, 3.63) is 40.5 Å². The fourth-order valence-electron chi connectivity index (χ4n) is 1.31. The van der Waals surface area contributed by atoms with Gasteiger partial charge in [0.1, 0.15) is 5.60 Å². The Balaban J connectivity index is 3.28. The Morgan fingerprint density at radius 2 is 2.06 bits per heavy atom. The third-order valence-corrected chi connectivity index (χ3v) is 1.85. The van der Waals surface area contributed by atoms with Gasteiger partial charge in [-0.05, 0) is 32.9 Å². The van der Waals surface area contributed by atoms with Crippen LogP contribution < -0.4 is 4.74 Å². The molecule has 0 aromatic heterocycles. The molecule has 0 radical (unpaired) electrons. The van der Waals surface area contributed by atoms with Crippen LogP contribution in [-0.4, -0.2) is 10.5 Å². The van der Waals surface area contributed by atoms with Crippen LogP contribution in [0, 0.1) is 10.1 Å². The first-order valence-electron chi connectivity index (χ1n) is 4.94. The molecule has 0 N–H and O–H groups in total. The molecule has 0 saturated heterocycles. The molecule has 0 saturated carbocycles. The van der Waals surface area contributed by atoms with E-state index >= 15 is 0 Å². The van der Waals surface area contributed by atoms with Crippen LogP contribution in [-0.2, 0) is 0 Å². The van der Waals surface area contributed by atoms with Gasteiger partial charge in [0, 0.05) is 0 Å². The Morgan fingerprint density at radius 1 is 1.44 bits per heavy atom. The molecule has 1 rings (SSSR count). The van der Waals surface area contributed by atoms with Crippen LogP contribution >= 0.6 is 0 Å². The highest BCUT2D eigenvalue weighted by Crippen LogP contribution is 2.33. The van der Waals surface area contributed by atoms with Gasteiger partial charge in [-0.1, -0.05) is 18.7 Å². The molecular weight excluding hydrogens is 206 g/mol. The van der Waals surface area contributed by atoms with Gasteiger partial charge >= 0.3 is 5.69 Å². The van der Waals surface area contributed by atoms with E-state index < -0.39 is 10.5 Å². The summed E-state index contributed by atoms with van der Waals surface area (Å²) >= 11 is 0. The highest BCUT2D eigenvalue weighted by atomic mass is 16.6. The summed E-state index contributed by atoms with van der Waals surface area (Å²) in [6.45, 7) is 9.09. The van der Waals surface area contributed by atoms with Gasteiger partial charge in [0.15, 0.2) is 5.75 Å². The minimum Gasteiger partial charge on any atom is -0.481 e. The van der Waals surface area contributed by atoms with Crippen LogP contribution in [0.15, 0.2) is 24.8 Å². The normalized spacial score (nSPS) is 10.9. The second-order valence-corrected chi connectivity index (χ2v) is 4.37. The standard InChI is InChI=1S/C12H15NO3/c1-5-9-7-6-8-10(11(9)13(14)15)16-12(2,3)4/h5-8H,1H2,2-4H3. The first-order valence-corrected chi connectivity index (χ1v) is 4.94. The summed E-state index contributed by atoms with van der Waals surface area (Å²) in [6, 6.07) is 4.95. The second-order valence-electron chi connectivity index (χ2n) is 4.37. The number of para-hydroxylation sites is 1. The number of nitro groups is 1. The van der Waals surface area contributed by atoms with Crippen LogP contribution in [0.5, 0.6) is 5.75 Å². The van der Waals surface area contributed by atoms with Gasteiger partial charge in [-0.3, -0.25) is 10.1 Å². The molecule has 4 heteroatoms. The Kier molecular flexibility index (Phi) is 3.32. The van der Waals surface area contributed by atoms with Gasteiger partial charge in [-0.2, -0.15) is 0 Å². The predicted octanol–water partition coefficient (Wildman–Crippen LogP) is 3.42. The molecule has 0 aliphatic heterocycles. The van der Waals surface area contributed by atoms with Gasteiger partial charge < -0.3 is 4.74 Å². The quantitative estimate of drug-likeness (QED) is 0.580. The van der Waals surface area contributed by atoms with Crippen molar-refractivity contribution in [1.29, 1.82) is 0 Å². The number of nitrogens with zero attached hydrogens (tertiary/aromatic N) is 1. The number of ether oxygens (including phenoxy) is 1. The molecule has 0 fully saturated rings. The molecule has 0 atom stereocenters. The van der Waals surface area contributed by atoms with Crippen molar-refractivity contribution in [3.63, 3.8) is 0 Å². The first kappa shape index (κ1) is 12.2. The Morgan fingerprint density at radius 3 is 2.50 bits per heavy atom. The van der Waals surface area contributed by atoms with E-state index in [2.05, 4.69) is 6.58 Å². The van der Waals surface area contributed by atoms with Crippen LogP contribution in [0.4, 0.5) is 5.69 Å². The largest absolute Gasteiger partial charge is 0.481 e. The van der Waals surface area contributed by atoms with Gasteiger partial charge in [0.25, 0.3) is 0 Å². The highest BCUT2D eigenvalue weighted by Gasteiger charge is 2.23. The minimum atomic E-state index is -0.468. The SMILES string of the molecule is C=Cc1cccc(OC(C)(C)C)c1[N+](=O)[O-]. The van der Waals surface area contributed by atoms with Crippen molar-refractivity contribution in [2.24, 2.45) is 0 Å². The lowest BCUT2D eigenvalue weighted by atomic mass is 10.1. The third-order valence-electron chi connectivity index (χ3n) is 1.85. The van der Waals surface area contributed by atoms with E-state index in [-0.39, 0.29) is 11.4 Å². The predicted molar refractivity (Wildman–Crippen MR) is 63.6 cm³/mol. The molecule has 0 heterocycles. The van der Waals surface area contributed by atoms with E-state index in [9.17, 15) is 10.1 Å². The van der Waals surface area contributed by atoms with Crippen molar-refractivity contribution in [2.45, 2.75) is 26.4 Å². The zero-order chi connectivity index (χ0) is 12.3. The minimum absolute atomic E-state index is 0.0348. The number of hydrogen-bond donors (Lipinski definition) is 0. The number of benzene rings is 1. The fraction of sp³-hybridized carbons (Fsp3) is 0.333. The lowest BCUT2D eigenvalue weighted by Gasteiger charge is -2.21. The lowest BCUT2D eigenvalue weighted by Crippen LogP contribution is -2.23. The Bertz CT molecular complexity index is 419. The molecular formula is C12H15NO3. The smallest absolute Gasteiger partial charge is 0.318 e. The average molecular weight is 221 g/mol. The van der Waals surface area contributed by atoms with Crippen molar-refractivity contribution >= 4 is 11.8 Å². The zero-order valence-electron chi connectivity index (χ0n) is 9.69. The second kappa shape index (κ2) is 4.35. The van der Waals surface area contributed by atoms with Crippen molar-refractivity contribution in [2.75, 3.05) is 0 Å². The summed E-state index contributed by atoms with van der Waals surface area (Å²) in [5.41, 5.74) is -0.0379. The fourth-order valence-corrected chi connectivity index (χ4v) is 1.31. The van der Waals surface area contributed by atoms with Gasteiger partial charge in [-0.15, -0.1) is 0 Å². The van der Waals surface area contributed by atoms with Crippen LogP contribution in [0.1, 0.15) is 26.3 Å². The summed E-state index contributed by atoms with van der Waals surface area (Å²) in [5.74, 6) is 0.273. The topological polar surface area (TPSA) is 52.4 Å². The van der Waals surface area contributed by atoms with Gasteiger partial charge in [0.2, 0.25) is 0 Å². The Labute approximate surface area is 94.7 Å². The van der Waals surface area contributed by atoms with Crippen LogP contribution in [0.3, 0.4) is 0 Å². The maximum atomic E-state index is 11.0. The molecule has 1 aromatic carbocycles. The molecule has 0 aliphatic carbocycles. The summed E-state index contributed by atoms with van der Waals surface area (Å²) in [5, 5.41) is 11.0. The molecule has 0 amide bonds. The molecule has 0 bridgehead atoms. The summed E-state index contributed by atoms with van der Waals surface area (Å²) in [4.78, 5) is 10.5. The Hall–Kier alpha value is -1.84. The maximum absolute atomic E-state index is 11.0. The van der Waals surface area contributed by atoms with E-state index in [0.717, 1.165) is 0 Å². The van der Waals surface area contributed by atoms with Crippen molar-refractivity contribution in [1.82, 2.24) is 0 Å². The highest BCUT2D eigenvalue weighted by molar-refractivity contribution is 5.65. The van der Waals surface area contributed by atoms with Crippen molar-refractivity contribution in [3.8, 4) is 5.75 Å². The summed E-state index contributed by atoms with van der Waals surface area (Å²) in [6.07, 6.45) is 1.45. The average Bonchev–Trinajstić information content (AvgIpc) is 2.14. The van der Waals surface area contributed by atoms with E-state index in [1.807, 2.05) is 20.8 Å². The van der Waals surface area contributed by atoms with E-state index in [0.29, 0.717) is 5.56 Å². The first-order chi connectivity index (χ1) is 7.35. The molecule has 0 aliphatic rings. The third kappa shape index (κ3) is 2.82. The van der Waals surface area contributed by atoms with Crippen LogP contribution in [0.2, 0.25) is 0 Å².